The number of nitrogens with one attached hydrogen (secondary N) is 4. The number of rotatable bonds is 16. The van der Waals surface area contributed by atoms with Crippen LogP contribution in [0.15, 0.2) is 67.0 Å². The van der Waals surface area contributed by atoms with Crippen LogP contribution in [0.25, 0.3) is 5.57 Å². The fourth-order valence-electron chi connectivity index (χ4n) is 6.66. The zero-order chi connectivity index (χ0) is 37.0. The van der Waals surface area contributed by atoms with Crippen LogP contribution < -0.4 is 21.3 Å². The molecule has 0 radical (unpaired) electrons. The van der Waals surface area contributed by atoms with Crippen molar-refractivity contribution in [2.75, 3.05) is 18.5 Å². The lowest BCUT2D eigenvalue weighted by Gasteiger charge is -2.38. The molecule has 0 bridgehead atoms. The van der Waals surface area contributed by atoms with E-state index >= 15 is 0 Å². The SMILES string of the molecule is C[C@H](CO)NCc1cnc(C(=O)Nc2cccc(C3=CC=CC(NC(=O)c4cc(C5CC5)c(CN[C@H](CO)C(=O)O)cn4)C3(C)C)c2)cc1C1CC1. The van der Waals surface area contributed by atoms with Gasteiger partial charge < -0.3 is 31.3 Å². The topological polar surface area (TPSA) is 186 Å². The monoisotopic (exact) mass is 708 g/mol. The largest absolute Gasteiger partial charge is 0.480 e. The Kier molecular flexibility index (Phi) is 11.3. The van der Waals surface area contributed by atoms with Gasteiger partial charge in [0.15, 0.2) is 0 Å². The lowest BCUT2D eigenvalue weighted by atomic mass is 9.72. The number of benzene rings is 1. The van der Waals surface area contributed by atoms with Gasteiger partial charge in [0.05, 0.1) is 19.3 Å². The molecular weight excluding hydrogens is 660 g/mol. The van der Waals surface area contributed by atoms with Gasteiger partial charge in [0.1, 0.15) is 17.4 Å². The van der Waals surface area contributed by atoms with Crippen molar-refractivity contribution in [3.8, 4) is 0 Å². The van der Waals surface area contributed by atoms with Crippen molar-refractivity contribution in [2.24, 2.45) is 5.41 Å². The van der Waals surface area contributed by atoms with Crippen molar-refractivity contribution in [1.82, 2.24) is 25.9 Å². The molecule has 0 spiro atoms. The number of nitrogens with zero attached hydrogens (tertiary/aromatic N) is 2. The summed E-state index contributed by atoms with van der Waals surface area (Å²) in [5, 5.41) is 40.4. The number of carboxylic acid groups (broad SMARTS) is 1. The molecule has 3 atom stereocenters. The Morgan fingerprint density at radius 2 is 1.48 bits per heavy atom. The zero-order valence-corrected chi connectivity index (χ0v) is 29.9. The van der Waals surface area contributed by atoms with Gasteiger partial charge >= 0.3 is 5.97 Å². The highest BCUT2D eigenvalue weighted by molar-refractivity contribution is 6.03. The number of carbonyl (C=O) groups excluding carboxylic acids is 2. The van der Waals surface area contributed by atoms with E-state index in [0.717, 1.165) is 59.1 Å². The predicted octanol–water partition coefficient (Wildman–Crippen LogP) is 4.27. The van der Waals surface area contributed by atoms with E-state index in [1.165, 1.54) is 0 Å². The molecule has 0 saturated heterocycles. The molecule has 3 aliphatic rings. The van der Waals surface area contributed by atoms with Gasteiger partial charge in [0.25, 0.3) is 11.8 Å². The summed E-state index contributed by atoms with van der Waals surface area (Å²) < 4.78 is 0. The molecule has 6 rings (SSSR count). The van der Waals surface area contributed by atoms with Gasteiger partial charge in [-0.3, -0.25) is 29.7 Å². The number of hydrogen-bond donors (Lipinski definition) is 7. The van der Waals surface area contributed by atoms with Gasteiger partial charge in [-0.15, -0.1) is 0 Å². The molecule has 12 heteroatoms. The van der Waals surface area contributed by atoms with Gasteiger partial charge in [-0.05, 0) is 102 Å². The Bertz CT molecular complexity index is 1880. The first-order valence-electron chi connectivity index (χ1n) is 18.0. The number of amides is 2. The van der Waals surface area contributed by atoms with Crippen LogP contribution in [0.2, 0.25) is 0 Å². The second kappa shape index (κ2) is 15.9. The first kappa shape index (κ1) is 37.0. The third-order valence-corrected chi connectivity index (χ3v) is 10.2. The molecule has 3 aliphatic carbocycles. The van der Waals surface area contributed by atoms with E-state index in [2.05, 4.69) is 45.1 Å². The summed E-state index contributed by atoms with van der Waals surface area (Å²) in [6.45, 7) is 6.37. The normalized spacial score (nSPS) is 19.0. The van der Waals surface area contributed by atoms with E-state index in [4.69, 9.17) is 0 Å². The van der Waals surface area contributed by atoms with E-state index in [-0.39, 0.29) is 48.7 Å². The van der Waals surface area contributed by atoms with Gasteiger partial charge in [-0.25, -0.2) is 0 Å². The third kappa shape index (κ3) is 8.64. The maximum Gasteiger partial charge on any atom is 0.323 e. The number of aliphatic carboxylic acids is 1. The molecule has 0 aliphatic heterocycles. The number of anilines is 1. The molecule has 12 nitrogen and oxygen atoms in total. The highest BCUT2D eigenvalue weighted by Crippen LogP contribution is 2.44. The Balaban J connectivity index is 1.13. The Hall–Kier alpha value is -4.75. The average Bonchev–Trinajstić information content (AvgIpc) is 4.06. The minimum absolute atomic E-state index is 0.0344. The summed E-state index contributed by atoms with van der Waals surface area (Å²) in [5.74, 6) is -1.03. The highest BCUT2D eigenvalue weighted by atomic mass is 16.4. The fourth-order valence-corrected chi connectivity index (χ4v) is 6.66. The van der Waals surface area contributed by atoms with Gasteiger partial charge in [-0.1, -0.05) is 44.2 Å². The van der Waals surface area contributed by atoms with Crippen LogP contribution in [-0.2, 0) is 17.9 Å². The maximum atomic E-state index is 13.6. The molecule has 1 unspecified atom stereocenters. The molecule has 1 aromatic carbocycles. The van der Waals surface area contributed by atoms with Gasteiger partial charge in [0.2, 0.25) is 0 Å². The molecular formula is C40H48N6O6. The van der Waals surface area contributed by atoms with Crippen molar-refractivity contribution in [2.45, 2.75) is 89.5 Å². The van der Waals surface area contributed by atoms with Crippen molar-refractivity contribution in [3.63, 3.8) is 0 Å². The van der Waals surface area contributed by atoms with Crippen molar-refractivity contribution < 1.29 is 29.7 Å². The molecule has 2 fully saturated rings. The van der Waals surface area contributed by atoms with Gasteiger partial charge in [-0.2, -0.15) is 0 Å². The number of allylic oxidation sites excluding steroid dienone is 2. The second-order valence-corrected chi connectivity index (χ2v) is 14.7. The van der Waals surface area contributed by atoms with Crippen LogP contribution in [0.1, 0.15) is 107 Å². The van der Waals surface area contributed by atoms with E-state index in [9.17, 15) is 29.7 Å². The first-order valence-corrected chi connectivity index (χ1v) is 18.0. The third-order valence-electron chi connectivity index (χ3n) is 10.2. The lowest BCUT2D eigenvalue weighted by Crippen LogP contribution is -2.45. The smallest absolute Gasteiger partial charge is 0.323 e. The summed E-state index contributed by atoms with van der Waals surface area (Å²) in [6.07, 6.45) is 13.4. The minimum Gasteiger partial charge on any atom is -0.480 e. The number of hydrogen-bond acceptors (Lipinski definition) is 9. The van der Waals surface area contributed by atoms with Crippen molar-refractivity contribution in [3.05, 3.63) is 106 Å². The zero-order valence-electron chi connectivity index (χ0n) is 29.9. The number of aliphatic hydroxyl groups is 2. The predicted molar refractivity (Wildman–Crippen MR) is 198 cm³/mol. The summed E-state index contributed by atoms with van der Waals surface area (Å²) in [7, 11) is 0. The van der Waals surface area contributed by atoms with Gasteiger partial charge in [0, 0.05) is 42.6 Å². The number of aromatic nitrogens is 2. The Labute approximate surface area is 303 Å². The number of aliphatic hydroxyl groups excluding tert-OH is 2. The number of pyridine rings is 2. The fraction of sp³-hybridized carbons (Fsp3) is 0.425. The van der Waals surface area contributed by atoms with Crippen LogP contribution in [0.3, 0.4) is 0 Å². The number of carboxylic acids is 1. The van der Waals surface area contributed by atoms with E-state index in [0.29, 0.717) is 23.8 Å². The summed E-state index contributed by atoms with van der Waals surface area (Å²) in [4.78, 5) is 47.3. The number of carbonyl (C=O) groups is 3. The summed E-state index contributed by atoms with van der Waals surface area (Å²) in [6, 6.07) is 9.87. The minimum atomic E-state index is -1.13. The van der Waals surface area contributed by atoms with E-state index in [1.54, 1.807) is 18.5 Å². The summed E-state index contributed by atoms with van der Waals surface area (Å²) in [5.41, 5.74) is 6.59. The van der Waals surface area contributed by atoms with Crippen molar-refractivity contribution in [1.29, 1.82) is 0 Å². The van der Waals surface area contributed by atoms with E-state index < -0.39 is 24.0 Å². The Morgan fingerprint density at radius 1 is 0.865 bits per heavy atom. The summed E-state index contributed by atoms with van der Waals surface area (Å²) >= 11 is 0. The Morgan fingerprint density at radius 3 is 2.06 bits per heavy atom. The van der Waals surface area contributed by atoms with Crippen LogP contribution >= 0.6 is 0 Å². The van der Waals surface area contributed by atoms with E-state index in [1.807, 2.05) is 55.5 Å². The second-order valence-electron chi connectivity index (χ2n) is 14.7. The average molecular weight is 709 g/mol. The molecule has 274 valence electrons. The molecule has 2 saturated carbocycles. The van der Waals surface area contributed by atoms with Crippen LogP contribution in [0.5, 0.6) is 0 Å². The van der Waals surface area contributed by atoms with Crippen molar-refractivity contribution >= 4 is 29.0 Å². The molecule has 3 aromatic rings. The molecule has 2 aromatic heterocycles. The molecule has 7 N–H and O–H groups in total. The standard InChI is InChI=1S/C40H48N6O6/c1-23(21-47)41-17-27-18-42-33(15-30(27)24-10-11-24)37(49)45-29-7-4-6-26(14-29)32-8-5-9-36(40(32,2)3)46-38(50)34-16-31(25-12-13-25)28(19-43-34)20-44-35(22-48)39(51)52/h4-9,14-16,18-19,23-25,35-36,41,44,47-48H,10-13,17,20-22H2,1-3H3,(H,45,49)(H,46,50)(H,51,52)/t23-,35-,36?/m1/s1. The van der Waals surface area contributed by atoms with Crippen LogP contribution in [-0.4, -0.2) is 74.4 Å². The highest BCUT2D eigenvalue weighted by Gasteiger charge is 2.36. The molecule has 52 heavy (non-hydrogen) atoms. The van der Waals surface area contributed by atoms with Crippen LogP contribution in [0.4, 0.5) is 5.69 Å². The molecule has 2 heterocycles. The first-order chi connectivity index (χ1) is 25.0. The lowest BCUT2D eigenvalue weighted by molar-refractivity contribution is -0.140. The maximum absolute atomic E-state index is 13.6. The van der Waals surface area contributed by atoms with Crippen LogP contribution in [0, 0.1) is 5.41 Å². The quantitative estimate of drug-likeness (QED) is 0.113. The molecule has 2 amide bonds.